The number of nitrogens with zero attached hydrogens (tertiary/aromatic N) is 2. The van der Waals surface area contributed by atoms with Gasteiger partial charge in [0.25, 0.3) is 0 Å². The van der Waals surface area contributed by atoms with Crippen molar-refractivity contribution in [2.45, 2.75) is 32.1 Å². The first kappa shape index (κ1) is 12.4. The van der Waals surface area contributed by atoms with Gasteiger partial charge in [0.15, 0.2) is 0 Å². The summed E-state index contributed by atoms with van der Waals surface area (Å²) in [7, 11) is 0. The first-order valence-corrected chi connectivity index (χ1v) is 6.79. The summed E-state index contributed by atoms with van der Waals surface area (Å²) in [5.41, 5.74) is 2.24. The van der Waals surface area contributed by atoms with Crippen LogP contribution in [0.5, 0.6) is 0 Å². The number of aryl methyl sites for hydroxylation is 1. The molecule has 1 aliphatic heterocycles. The van der Waals surface area contributed by atoms with Crippen molar-refractivity contribution in [3.8, 4) is 11.4 Å². The standard InChI is InChI=1S/C15H19N3O/c1-11-4-3-5-12(10-11)13-17-14(19-18-13)15(2)6-8-16-9-7-15/h3-5,10,16H,6-9H2,1-2H3. The van der Waals surface area contributed by atoms with Crippen LogP contribution in [0.25, 0.3) is 11.4 Å². The van der Waals surface area contributed by atoms with Crippen LogP contribution in [0.2, 0.25) is 0 Å². The lowest BCUT2D eigenvalue weighted by Gasteiger charge is -2.30. The van der Waals surface area contributed by atoms with E-state index in [1.54, 1.807) is 0 Å². The second-order valence-electron chi connectivity index (χ2n) is 5.60. The maximum absolute atomic E-state index is 5.51. The van der Waals surface area contributed by atoms with Crippen molar-refractivity contribution >= 4 is 0 Å². The third-order valence-corrected chi connectivity index (χ3v) is 3.93. The normalized spacial score (nSPS) is 18.4. The van der Waals surface area contributed by atoms with Crippen LogP contribution < -0.4 is 5.32 Å². The topological polar surface area (TPSA) is 51.0 Å². The Morgan fingerprint density at radius 1 is 1.26 bits per heavy atom. The van der Waals surface area contributed by atoms with Crippen molar-refractivity contribution in [3.63, 3.8) is 0 Å². The molecule has 0 unspecified atom stereocenters. The third kappa shape index (κ3) is 2.40. The van der Waals surface area contributed by atoms with Gasteiger partial charge in [-0.1, -0.05) is 35.8 Å². The summed E-state index contributed by atoms with van der Waals surface area (Å²) in [6.45, 7) is 6.30. The van der Waals surface area contributed by atoms with Crippen LogP contribution in [0.1, 0.15) is 31.2 Å². The van der Waals surface area contributed by atoms with Gasteiger partial charge in [-0.3, -0.25) is 0 Å². The summed E-state index contributed by atoms with van der Waals surface area (Å²) in [6.07, 6.45) is 2.09. The zero-order valence-electron chi connectivity index (χ0n) is 11.4. The quantitative estimate of drug-likeness (QED) is 0.898. The number of piperidine rings is 1. The lowest BCUT2D eigenvalue weighted by atomic mass is 9.81. The van der Waals surface area contributed by atoms with E-state index in [4.69, 9.17) is 4.52 Å². The molecule has 19 heavy (non-hydrogen) atoms. The Labute approximate surface area is 113 Å². The van der Waals surface area contributed by atoms with Crippen LogP contribution in [-0.4, -0.2) is 23.2 Å². The van der Waals surface area contributed by atoms with E-state index in [9.17, 15) is 0 Å². The van der Waals surface area contributed by atoms with Crippen LogP contribution in [0.15, 0.2) is 28.8 Å². The predicted octanol–water partition coefficient (Wildman–Crippen LogP) is 2.69. The van der Waals surface area contributed by atoms with Gasteiger partial charge >= 0.3 is 0 Å². The van der Waals surface area contributed by atoms with Gasteiger partial charge in [-0.2, -0.15) is 4.98 Å². The number of rotatable bonds is 2. The van der Waals surface area contributed by atoms with Gasteiger partial charge in [-0.25, -0.2) is 0 Å². The first-order valence-electron chi connectivity index (χ1n) is 6.79. The summed E-state index contributed by atoms with van der Waals surface area (Å²) < 4.78 is 5.51. The van der Waals surface area contributed by atoms with E-state index in [1.807, 2.05) is 12.1 Å². The monoisotopic (exact) mass is 257 g/mol. The summed E-state index contributed by atoms with van der Waals surface area (Å²) in [5.74, 6) is 1.46. The Bertz CT molecular complexity index is 570. The van der Waals surface area contributed by atoms with Crippen molar-refractivity contribution in [1.82, 2.24) is 15.5 Å². The molecule has 0 saturated carbocycles. The van der Waals surface area contributed by atoms with Crippen LogP contribution in [0.4, 0.5) is 0 Å². The number of hydrogen-bond donors (Lipinski definition) is 1. The van der Waals surface area contributed by atoms with Gasteiger partial charge in [0, 0.05) is 11.0 Å². The first-order chi connectivity index (χ1) is 9.17. The van der Waals surface area contributed by atoms with E-state index in [0.29, 0.717) is 5.82 Å². The lowest BCUT2D eigenvalue weighted by Crippen LogP contribution is -2.37. The Morgan fingerprint density at radius 3 is 2.79 bits per heavy atom. The number of nitrogens with one attached hydrogen (secondary N) is 1. The Kier molecular flexibility index (Phi) is 3.11. The van der Waals surface area contributed by atoms with E-state index < -0.39 is 0 Å². The molecule has 4 heteroatoms. The molecule has 2 aromatic rings. The Hall–Kier alpha value is -1.68. The van der Waals surface area contributed by atoms with Gasteiger partial charge in [-0.15, -0.1) is 0 Å². The largest absolute Gasteiger partial charge is 0.338 e. The van der Waals surface area contributed by atoms with Crippen molar-refractivity contribution in [3.05, 3.63) is 35.7 Å². The predicted molar refractivity (Wildman–Crippen MR) is 73.9 cm³/mol. The third-order valence-electron chi connectivity index (χ3n) is 3.93. The molecule has 0 radical (unpaired) electrons. The van der Waals surface area contributed by atoms with Gasteiger partial charge in [-0.05, 0) is 38.9 Å². The highest BCUT2D eigenvalue weighted by Crippen LogP contribution is 2.32. The summed E-state index contributed by atoms with van der Waals surface area (Å²) >= 11 is 0. The minimum Gasteiger partial charge on any atom is -0.338 e. The van der Waals surface area contributed by atoms with Crippen molar-refractivity contribution in [1.29, 1.82) is 0 Å². The summed E-state index contributed by atoms with van der Waals surface area (Å²) in [6, 6.07) is 8.19. The lowest BCUT2D eigenvalue weighted by molar-refractivity contribution is 0.241. The minimum atomic E-state index is 0.0142. The fourth-order valence-corrected chi connectivity index (χ4v) is 2.56. The maximum atomic E-state index is 5.51. The molecule has 1 aromatic carbocycles. The molecule has 1 aromatic heterocycles. The zero-order valence-corrected chi connectivity index (χ0v) is 11.4. The molecule has 0 amide bonds. The molecular weight excluding hydrogens is 238 g/mol. The van der Waals surface area contributed by atoms with E-state index >= 15 is 0 Å². The number of aromatic nitrogens is 2. The summed E-state index contributed by atoms with van der Waals surface area (Å²) in [4.78, 5) is 4.61. The Morgan fingerprint density at radius 2 is 2.05 bits per heavy atom. The molecule has 3 rings (SSSR count). The van der Waals surface area contributed by atoms with Gasteiger partial charge in [0.05, 0.1) is 0 Å². The average molecular weight is 257 g/mol. The highest BCUT2D eigenvalue weighted by atomic mass is 16.5. The van der Waals surface area contributed by atoms with Gasteiger partial charge in [0.2, 0.25) is 11.7 Å². The molecule has 1 aliphatic rings. The fraction of sp³-hybridized carbons (Fsp3) is 0.467. The molecule has 100 valence electrons. The smallest absolute Gasteiger partial charge is 0.232 e. The molecule has 0 spiro atoms. The molecule has 1 fully saturated rings. The molecule has 2 heterocycles. The highest BCUT2D eigenvalue weighted by molar-refractivity contribution is 5.55. The van der Waals surface area contributed by atoms with Crippen LogP contribution in [0, 0.1) is 6.92 Å². The number of benzene rings is 1. The molecule has 1 saturated heterocycles. The maximum Gasteiger partial charge on any atom is 0.232 e. The Balaban J connectivity index is 1.91. The SMILES string of the molecule is Cc1cccc(-c2noc(C3(C)CCNCC3)n2)c1. The fourth-order valence-electron chi connectivity index (χ4n) is 2.56. The molecule has 1 N–H and O–H groups in total. The summed E-state index contributed by atoms with van der Waals surface area (Å²) in [5, 5.41) is 7.51. The second kappa shape index (κ2) is 4.78. The van der Waals surface area contributed by atoms with Crippen molar-refractivity contribution in [2.24, 2.45) is 0 Å². The van der Waals surface area contributed by atoms with Crippen LogP contribution >= 0.6 is 0 Å². The van der Waals surface area contributed by atoms with Crippen LogP contribution in [-0.2, 0) is 5.41 Å². The van der Waals surface area contributed by atoms with E-state index in [1.165, 1.54) is 5.56 Å². The second-order valence-corrected chi connectivity index (χ2v) is 5.60. The molecule has 0 bridgehead atoms. The van der Waals surface area contributed by atoms with Crippen LogP contribution in [0.3, 0.4) is 0 Å². The molecule has 4 nitrogen and oxygen atoms in total. The van der Waals surface area contributed by atoms with E-state index in [0.717, 1.165) is 37.4 Å². The van der Waals surface area contributed by atoms with Gasteiger partial charge in [0.1, 0.15) is 0 Å². The molecular formula is C15H19N3O. The number of hydrogen-bond acceptors (Lipinski definition) is 4. The minimum absolute atomic E-state index is 0.0142. The molecule has 0 aliphatic carbocycles. The molecule has 0 atom stereocenters. The van der Waals surface area contributed by atoms with Crippen molar-refractivity contribution in [2.75, 3.05) is 13.1 Å². The van der Waals surface area contributed by atoms with E-state index in [2.05, 4.69) is 41.4 Å². The van der Waals surface area contributed by atoms with Gasteiger partial charge < -0.3 is 9.84 Å². The zero-order chi connectivity index (χ0) is 13.3. The highest BCUT2D eigenvalue weighted by Gasteiger charge is 2.34. The average Bonchev–Trinajstić information content (AvgIpc) is 2.90. The van der Waals surface area contributed by atoms with Crippen molar-refractivity contribution < 1.29 is 4.52 Å². The van der Waals surface area contributed by atoms with E-state index in [-0.39, 0.29) is 5.41 Å².